The highest BCUT2D eigenvalue weighted by Gasteiger charge is 2.11. The van der Waals surface area contributed by atoms with Crippen LogP contribution in [0.15, 0.2) is 34.3 Å². The summed E-state index contributed by atoms with van der Waals surface area (Å²) in [6.45, 7) is 1.81. The van der Waals surface area contributed by atoms with Gasteiger partial charge in [0.15, 0.2) is 9.84 Å². The van der Waals surface area contributed by atoms with Crippen LogP contribution < -0.4 is 0 Å². The average molecular weight is 225 g/mol. The van der Waals surface area contributed by atoms with Crippen molar-refractivity contribution in [3.05, 3.63) is 34.7 Å². The molecule has 1 rings (SSSR count). The number of hydrogen-bond acceptors (Lipinski definition) is 3. The van der Waals surface area contributed by atoms with E-state index < -0.39 is 9.84 Å². The third-order valence-corrected chi connectivity index (χ3v) is 3.76. The maximum Gasteiger partial charge on any atom is 0.178 e. The summed E-state index contributed by atoms with van der Waals surface area (Å²) in [5.41, 5.74) is 8.58. The van der Waals surface area contributed by atoms with Crippen molar-refractivity contribution in [2.75, 3.05) is 5.75 Å². The molecule has 80 valence electrons. The third-order valence-electron chi connectivity index (χ3n) is 1.83. The molecule has 0 atom stereocenters. The van der Waals surface area contributed by atoms with Gasteiger partial charge in [0, 0.05) is 10.6 Å². The number of azide groups is 1. The van der Waals surface area contributed by atoms with Gasteiger partial charge in [-0.2, -0.15) is 0 Å². The van der Waals surface area contributed by atoms with E-state index in [1.165, 1.54) is 24.3 Å². The molecular formula is C9H11N3O2S. The van der Waals surface area contributed by atoms with E-state index >= 15 is 0 Å². The number of hydrogen-bond donors (Lipinski definition) is 0. The molecule has 0 N–H and O–H groups in total. The van der Waals surface area contributed by atoms with Gasteiger partial charge in [0.25, 0.3) is 0 Å². The minimum Gasteiger partial charge on any atom is -0.224 e. The highest BCUT2D eigenvalue weighted by atomic mass is 32.2. The van der Waals surface area contributed by atoms with Crippen LogP contribution in [0.5, 0.6) is 0 Å². The Bertz CT molecular complexity index is 473. The fourth-order valence-corrected chi connectivity index (χ4v) is 2.48. The topological polar surface area (TPSA) is 82.9 Å². The minimum absolute atomic E-state index is 0.133. The van der Waals surface area contributed by atoms with Crippen molar-refractivity contribution in [2.45, 2.75) is 18.2 Å². The Labute approximate surface area is 88.3 Å². The van der Waals surface area contributed by atoms with Gasteiger partial charge >= 0.3 is 0 Å². The average Bonchev–Trinajstić information content (AvgIpc) is 2.19. The van der Waals surface area contributed by atoms with Gasteiger partial charge in [-0.25, -0.2) is 8.42 Å². The SMILES string of the molecule is CCCS(=O)(=O)c1ccc(N=[N+]=[N-])cc1. The van der Waals surface area contributed by atoms with Crippen molar-refractivity contribution >= 4 is 15.5 Å². The molecule has 0 unspecified atom stereocenters. The van der Waals surface area contributed by atoms with Crippen LogP contribution in [0.4, 0.5) is 5.69 Å². The van der Waals surface area contributed by atoms with E-state index in [1.54, 1.807) is 0 Å². The molecule has 0 saturated heterocycles. The lowest BCUT2D eigenvalue weighted by atomic mass is 10.3. The van der Waals surface area contributed by atoms with Crippen molar-refractivity contribution < 1.29 is 8.42 Å². The van der Waals surface area contributed by atoms with Crippen molar-refractivity contribution in [1.82, 2.24) is 0 Å². The number of rotatable bonds is 4. The van der Waals surface area contributed by atoms with Gasteiger partial charge in [-0.05, 0) is 24.1 Å². The maximum absolute atomic E-state index is 11.6. The van der Waals surface area contributed by atoms with E-state index in [0.717, 1.165) is 0 Å². The van der Waals surface area contributed by atoms with E-state index in [9.17, 15) is 8.42 Å². The van der Waals surface area contributed by atoms with Crippen molar-refractivity contribution in [3.8, 4) is 0 Å². The number of nitrogens with zero attached hydrogens (tertiary/aromatic N) is 3. The van der Waals surface area contributed by atoms with Crippen molar-refractivity contribution in [1.29, 1.82) is 0 Å². The predicted molar refractivity (Wildman–Crippen MR) is 57.6 cm³/mol. The van der Waals surface area contributed by atoms with E-state index in [2.05, 4.69) is 10.0 Å². The van der Waals surface area contributed by atoms with E-state index in [4.69, 9.17) is 5.53 Å². The normalized spacial score (nSPS) is 10.7. The van der Waals surface area contributed by atoms with Crippen LogP contribution in [-0.2, 0) is 9.84 Å². The van der Waals surface area contributed by atoms with Gasteiger partial charge in [-0.15, -0.1) is 0 Å². The van der Waals surface area contributed by atoms with Crippen LogP contribution in [0.3, 0.4) is 0 Å². The first-order chi connectivity index (χ1) is 7.10. The first kappa shape index (κ1) is 11.6. The quantitative estimate of drug-likeness (QED) is 0.448. The monoisotopic (exact) mass is 225 g/mol. The Morgan fingerprint density at radius 2 is 1.93 bits per heavy atom. The molecular weight excluding hydrogens is 214 g/mol. The van der Waals surface area contributed by atoms with Crippen LogP contribution in [0.25, 0.3) is 10.4 Å². The smallest absolute Gasteiger partial charge is 0.178 e. The first-order valence-electron chi connectivity index (χ1n) is 4.48. The second-order valence-corrected chi connectivity index (χ2v) is 5.11. The second-order valence-electron chi connectivity index (χ2n) is 3.00. The molecule has 15 heavy (non-hydrogen) atoms. The highest BCUT2D eigenvalue weighted by Crippen LogP contribution is 2.17. The van der Waals surface area contributed by atoms with Gasteiger partial charge in [0.1, 0.15) is 0 Å². The van der Waals surface area contributed by atoms with Crippen LogP contribution >= 0.6 is 0 Å². The lowest BCUT2D eigenvalue weighted by Gasteiger charge is -2.02. The van der Waals surface area contributed by atoms with Gasteiger partial charge in [-0.1, -0.05) is 24.2 Å². The van der Waals surface area contributed by atoms with Gasteiger partial charge in [-0.3, -0.25) is 0 Å². The third kappa shape index (κ3) is 2.97. The Kier molecular flexibility index (Phi) is 3.71. The highest BCUT2D eigenvalue weighted by molar-refractivity contribution is 7.91. The Morgan fingerprint density at radius 1 is 1.33 bits per heavy atom. The molecule has 1 aromatic rings. The lowest BCUT2D eigenvalue weighted by Crippen LogP contribution is -2.05. The zero-order chi connectivity index (χ0) is 11.3. The van der Waals surface area contributed by atoms with E-state index in [0.29, 0.717) is 12.1 Å². The molecule has 0 amide bonds. The summed E-state index contributed by atoms with van der Waals surface area (Å²) in [4.78, 5) is 2.87. The van der Waals surface area contributed by atoms with Crippen LogP contribution in [0, 0.1) is 0 Å². The molecule has 0 bridgehead atoms. The Morgan fingerprint density at radius 3 is 2.40 bits per heavy atom. The standard InChI is InChI=1S/C9H11N3O2S/c1-2-7-15(13,14)9-5-3-8(4-6-9)11-12-10/h3-6H,2,7H2,1H3. The summed E-state index contributed by atoms with van der Waals surface area (Å²) in [5, 5.41) is 3.36. The molecule has 0 fully saturated rings. The summed E-state index contributed by atoms with van der Waals surface area (Å²) in [5.74, 6) is 0.133. The summed E-state index contributed by atoms with van der Waals surface area (Å²) in [6, 6.07) is 5.88. The number of benzene rings is 1. The predicted octanol–water partition coefficient (Wildman–Crippen LogP) is 2.81. The van der Waals surface area contributed by atoms with E-state index in [-0.39, 0.29) is 10.6 Å². The van der Waals surface area contributed by atoms with Gasteiger partial charge < -0.3 is 0 Å². The largest absolute Gasteiger partial charge is 0.224 e. The molecule has 0 aliphatic heterocycles. The van der Waals surface area contributed by atoms with Gasteiger partial charge in [0.2, 0.25) is 0 Å². The summed E-state index contributed by atoms with van der Waals surface area (Å²) >= 11 is 0. The molecule has 0 aromatic heterocycles. The lowest BCUT2D eigenvalue weighted by molar-refractivity contribution is 0.595. The summed E-state index contributed by atoms with van der Waals surface area (Å²) in [6.07, 6.45) is 0.584. The second kappa shape index (κ2) is 4.82. The zero-order valence-electron chi connectivity index (χ0n) is 8.29. The fraction of sp³-hybridized carbons (Fsp3) is 0.333. The minimum atomic E-state index is -3.18. The Balaban J connectivity index is 3.03. The van der Waals surface area contributed by atoms with Crippen LogP contribution in [0.2, 0.25) is 0 Å². The van der Waals surface area contributed by atoms with Crippen LogP contribution in [-0.4, -0.2) is 14.2 Å². The summed E-state index contributed by atoms with van der Waals surface area (Å²) < 4.78 is 23.2. The molecule has 6 heteroatoms. The number of sulfone groups is 1. The van der Waals surface area contributed by atoms with Gasteiger partial charge in [0.05, 0.1) is 10.6 Å². The first-order valence-corrected chi connectivity index (χ1v) is 6.13. The molecule has 0 aliphatic rings. The molecule has 0 heterocycles. The molecule has 0 radical (unpaired) electrons. The van der Waals surface area contributed by atoms with Crippen LogP contribution in [0.1, 0.15) is 13.3 Å². The molecule has 5 nitrogen and oxygen atoms in total. The molecule has 0 saturated carbocycles. The molecule has 0 spiro atoms. The van der Waals surface area contributed by atoms with Crippen molar-refractivity contribution in [3.63, 3.8) is 0 Å². The summed E-state index contributed by atoms with van der Waals surface area (Å²) in [7, 11) is -3.18. The molecule has 1 aromatic carbocycles. The zero-order valence-corrected chi connectivity index (χ0v) is 9.11. The molecule has 0 aliphatic carbocycles. The fourth-order valence-electron chi connectivity index (χ4n) is 1.16. The van der Waals surface area contributed by atoms with E-state index in [1.807, 2.05) is 6.92 Å². The Hall–Kier alpha value is -1.52. The maximum atomic E-state index is 11.6. The van der Waals surface area contributed by atoms with Crippen molar-refractivity contribution in [2.24, 2.45) is 5.11 Å².